The smallest absolute Gasteiger partial charge is 0.211 e. The second kappa shape index (κ2) is 5.95. The Bertz CT molecular complexity index is 297. The van der Waals surface area contributed by atoms with Crippen LogP contribution in [0.5, 0.6) is 0 Å². The van der Waals surface area contributed by atoms with Crippen LogP contribution in [0.15, 0.2) is 0 Å². The molecule has 0 spiro atoms. The van der Waals surface area contributed by atoms with Crippen LogP contribution in [0.2, 0.25) is 0 Å². The number of rotatable bonds is 7. The summed E-state index contributed by atoms with van der Waals surface area (Å²) in [5.74, 6) is 0.153. The molecule has 3 N–H and O–H groups in total. The number of nitrogens with one attached hydrogen (secondary N) is 1. The highest BCUT2D eigenvalue weighted by Gasteiger charge is 2.30. The molecular weight excluding hydrogens is 228 g/mol. The normalized spacial score (nSPS) is 26.1. The van der Waals surface area contributed by atoms with E-state index in [9.17, 15) is 8.42 Å². The van der Waals surface area contributed by atoms with Crippen molar-refractivity contribution in [3.05, 3.63) is 0 Å². The van der Waals surface area contributed by atoms with Crippen LogP contribution in [-0.2, 0) is 14.8 Å². The lowest BCUT2D eigenvalue weighted by molar-refractivity contribution is 0.0250. The second-order valence-corrected chi connectivity index (χ2v) is 6.46. The van der Waals surface area contributed by atoms with E-state index in [0.717, 1.165) is 25.9 Å². The average Bonchev–Trinajstić information content (AvgIpc) is 2.64. The molecule has 5 nitrogen and oxygen atoms in total. The maximum absolute atomic E-state index is 11.6. The maximum atomic E-state index is 11.6. The van der Waals surface area contributed by atoms with Gasteiger partial charge < -0.3 is 10.5 Å². The largest absolute Gasteiger partial charge is 0.374 e. The zero-order valence-corrected chi connectivity index (χ0v) is 10.7. The van der Waals surface area contributed by atoms with Crippen LogP contribution in [0, 0.1) is 0 Å². The van der Waals surface area contributed by atoms with Gasteiger partial charge in [0.2, 0.25) is 10.0 Å². The van der Waals surface area contributed by atoms with Gasteiger partial charge in [0.1, 0.15) is 0 Å². The van der Waals surface area contributed by atoms with E-state index in [1.807, 2.05) is 6.92 Å². The minimum Gasteiger partial charge on any atom is -0.374 e. The Labute approximate surface area is 97.8 Å². The molecule has 0 amide bonds. The predicted octanol–water partition coefficient (Wildman–Crippen LogP) is 0.214. The fourth-order valence-electron chi connectivity index (χ4n) is 1.75. The summed E-state index contributed by atoms with van der Waals surface area (Å²) < 4.78 is 31.3. The highest BCUT2D eigenvalue weighted by molar-refractivity contribution is 7.89. The molecule has 0 aromatic rings. The zero-order chi connectivity index (χ0) is 12.1. The van der Waals surface area contributed by atoms with Crippen LogP contribution in [-0.4, -0.2) is 39.5 Å². The van der Waals surface area contributed by atoms with Crippen molar-refractivity contribution < 1.29 is 13.2 Å². The maximum Gasteiger partial charge on any atom is 0.211 e. The van der Waals surface area contributed by atoms with E-state index in [1.165, 1.54) is 0 Å². The highest BCUT2D eigenvalue weighted by atomic mass is 32.2. The molecule has 1 aliphatic rings. The Kier molecular flexibility index (Phi) is 5.17. The van der Waals surface area contributed by atoms with Gasteiger partial charge in [-0.05, 0) is 39.2 Å². The van der Waals surface area contributed by atoms with E-state index in [1.54, 1.807) is 0 Å². The molecule has 1 saturated heterocycles. The van der Waals surface area contributed by atoms with Crippen LogP contribution < -0.4 is 10.5 Å². The number of sulfonamides is 1. The van der Waals surface area contributed by atoms with Crippen molar-refractivity contribution in [2.24, 2.45) is 5.73 Å². The molecule has 0 bridgehead atoms. The van der Waals surface area contributed by atoms with Gasteiger partial charge >= 0.3 is 0 Å². The minimum absolute atomic E-state index is 0.153. The predicted molar refractivity (Wildman–Crippen MR) is 63.7 cm³/mol. The molecule has 0 radical (unpaired) electrons. The SMILES string of the molecule is CC1(CNS(=O)(=O)CCCCN)CCCO1. The molecule has 0 aliphatic carbocycles. The van der Waals surface area contributed by atoms with Gasteiger partial charge in [-0.3, -0.25) is 0 Å². The topological polar surface area (TPSA) is 81.4 Å². The Balaban J connectivity index is 2.30. The van der Waals surface area contributed by atoms with Crippen molar-refractivity contribution in [2.45, 2.75) is 38.2 Å². The second-order valence-electron chi connectivity index (χ2n) is 4.54. The van der Waals surface area contributed by atoms with Crippen molar-refractivity contribution in [3.8, 4) is 0 Å². The van der Waals surface area contributed by atoms with Gasteiger partial charge in [0.25, 0.3) is 0 Å². The minimum atomic E-state index is -3.16. The van der Waals surface area contributed by atoms with E-state index >= 15 is 0 Å². The number of ether oxygens (including phenoxy) is 1. The summed E-state index contributed by atoms with van der Waals surface area (Å²) in [6.45, 7) is 3.59. The summed E-state index contributed by atoms with van der Waals surface area (Å²) in [4.78, 5) is 0. The molecule has 1 atom stereocenters. The van der Waals surface area contributed by atoms with Crippen LogP contribution in [0.4, 0.5) is 0 Å². The molecule has 1 heterocycles. The van der Waals surface area contributed by atoms with E-state index in [2.05, 4.69) is 4.72 Å². The van der Waals surface area contributed by atoms with Crippen molar-refractivity contribution in [1.82, 2.24) is 4.72 Å². The zero-order valence-electron chi connectivity index (χ0n) is 9.87. The lowest BCUT2D eigenvalue weighted by Crippen LogP contribution is -2.40. The van der Waals surface area contributed by atoms with Crippen LogP contribution in [0.1, 0.15) is 32.6 Å². The van der Waals surface area contributed by atoms with Crippen molar-refractivity contribution in [2.75, 3.05) is 25.4 Å². The first-order chi connectivity index (χ1) is 7.47. The molecule has 1 rings (SSSR count). The number of unbranched alkanes of at least 4 members (excludes halogenated alkanes) is 1. The van der Waals surface area contributed by atoms with Crippen molar-refractivity contribution in [1.29, 1.82) is 0 Å². The van der Waals surface area contributed by atoms with E-state index < -0.39 is 10.0 Å². The Morgan fingerprint density at radius 2 is 2.19 bits per heavy atom. The first-order valence-electron chi connectivity index (χ1n) is 5.79. The summed E-state index contributed by atoms with van der Waals surface area (Å²) in [5, 5.41) is 0. The van der Waals surface area contributed by atoms with Crippen molar-refractivity contribution in [3.63, 3.8) is 0 Å². The lowest BCUT2D eigenvalue weighted by atomic mass is 10.0. The average molecular weight is 250 g/mol. The molecule has 6 heteroatoms. The van der Waals surface area contributed by atoms with Crippen molar-refractivity contribution >= 4 is 10.0 Å². The number of hydrogen-bond donors (Lipinski definition) is 2. The Morgan fingerprint density at radius 1 is 1.44 bits per heavy atom. The lowest BCUT2D eigenvalue weighted by Gasteiger charge is -2.23. The van der Waals surface area contributed by atoms with Gasteiger partial charge in [-0.1, -0.05) is 0 Å². The molecule has 0 aromatic carbocycles. The first kappa shape index (κ1) is 13.9. The first-order valence-corrected chi connectivity index (χ1v) is 7.44. The van der Waals surface area contributed by atoms with Gasteiger partial charge in [-0.2, -0.15) is 0 Å². The molecule has 0 aromatic heterocycles. The van der Waals surface area contributed by atoms with Gasteiger partial charge in [-0.15, -0.1) is 0 Å². The molecule has 1 aliphatic heterocycles. The number of hydrogen-bond acceptors (Lipinski definition) is 4. The van der Waals surface area contributed by atoms with Crippen LogP contribution in [0.3, 0.4) is 0 Å². The molecule has 16 heavy (non-hydrogen) atoms. The highest BCUT2D eigenvalue weighted by Crippen LogP contribution is 2.24. The fraction of sp³-hybridized carbons (Fsp3) is 1.00. The quantitative estimate of drug-likeness (QED) is 0.633. The Hall–Kier alpha value is -0.170. The van der Waals surface area contributed by atoms with Gasteiger partial charge in [0.05, 0.1) is 11.4 Å². The molecular formula is C10H22N2O3S. The third kappa shape index (κ3) is 4.78. The van der Waals surface area contributed by atoms with Gasteiger partial charge in [0.15, 0.2) is 0 Å². The monoisotopic (exact) mass is 250 g/mol. The fourth-order valence-corrected chi connectivity index (χ4v) is 3.00. The summed E-state index contributed by atoms with van der Waals surface area (Å²) in [6.07, 6.45) is 3.28. The summed E-state index contributed by atoms with van der Waals surface area (Å²) >= 11 is 0. The van der Waals surface area contributed by atoms with E-state index in [4.69, 9.17) is 10.5 Å². The summed E-state index contributed by atoms with van der Waals surface area (Å²) in [6, 6.07) is 0. The van der Waals surface area contributed by atoms with Crippen LogP contribution in [0.25, 0.3) is 0 Å². The standard InChI is InChI=1S/C10H22N2O3S/c1-10(5-4-7-15-10)9-12-16(13,14)8-3-2-6-11/h12H,2-9,11H2,1H3. The summed E-state index contributed by atoms with van der Waals surface area (Å²) in [7, 11) is -3.16. The van der Waals surface area contributed by atoms with Gasteiger partial charge in [-0.25, -0.2) is 13.1 Å². The van der Waals surface area contributed by atoms with E-state index in [0.29, 0.717) is 19.5 Å². The van der Waals surface area contributed by atoms with E-state index in [-0.39, 0.29) is 11.4 Å². The molecule has 96 valence electrons. The van der Waals surface area contributed by atoms with Crippen LogP contribution >= 0.6 is 0 Å². The van der Waals surface area contributed by atoms with Gasteiger partial charge in [0, 0.05) is 13.2 Å². The molecule has 1 fully saturated rings. The molecule has 0 saturated carbocycles. The number of nitrogens with two attached hydrogens (primary N) is 1. The molecule has 1 unspecified atom stereocenters. The third-order valence-electron chi connectivity index (χ3n) is 2.83. The Morgan fingerprint density at radius 3 is 2.75 bits per heavy atom. The summed E-state index contributed by atoms with van der Waals surface area (Å²) in [5.41, 5.74) is 5.00. The third-order valence-corrected chi connectivity index (χ3v) is 4.24.